The number of ketones is 3. The van der Waals surface area contributed by atoms with Crippen LogP contribution in [0.15, 0.2) is 41.0 Å². The fourth-order valence-corrected chi connectivity index (χ4v) is 8.99. The molecule has 0 aliphatic heterocycles. The molecule has 0 amide bonds. The fraction of sp³-hybridized carbons (Fsp3) is 0.486. The van der Waals surface area contributed by atoms with Gasteiger partial charge in [0.2, 0.25) is 11.6 Å². The van der Waals surface area contributed by atoms with Crippen LogP contribution < -0.4 is 0 Å². The Balaban J connectivity index is 1.83. The summed E-state index contributed by atoms with van der Waals surface area (Å²) in [4.78, 5) is 41.5. The van der Waals surface area contributed by atoms with Gasteiger partial charge < -0.3 is 15.3 Å². The molecule has 228 valence electrons. The van der Waals surface area contributed by atoms with Crippen LogP contribution in [0.4, 0.5) is 0 Å². The summed E-state index contributed by atoms with van der Waals surface area (Å²) in [5, 5.41) is 36.2. The summed E-state index contributed by atoms with van der Waals surface area (Å²) in [5.41, 5.74) is 1.11. The minimum Gasteiger partial charge on any atom is -0.507 e. The third kappa shape index (κ3) is 3.98. The highest BCUT2D eigenvalue weighted by atomic mass is 16.3. The van der Waals surface area contributed by atoms with Crippen molar-refractivity contribution in [2.45, 2.75) is 93.6 Å². The third-order valence-corrected chi connectivity index (χ3v) is 10.8. The van der Waals surface area contributed by atoms with Crippen LogP contribution in [0, 0.1) is 36.5 Å². The van der Waals surface area contributed by atoms with Gasteiger partial charge >= 0.3 is 0 Å². The summed E-state index contributed by atoms with van der Waals surface area (Å²) in [6.07, 6.45) is 0.574. The van der Waals surface area contributed by atoms with Crippen LogP contribution in [-0.4, -0.2) is 38.3 Å². The molecule has 3 aliphatic rings. The van der Waals surface area contributed by atoms with E-state index in [-0.39, 0.29) is 40.7 Å². The van der Waals surface area contributed by atoms with Crippen molar-refractivity contribution in [1.82, 2.24) is 0 Å². The maximum absolute atomic E-state index is 14.7. The first-order valence-corrected chi connectivity index (χ1v) is 15.3. The third-order valence-electron chi connectivity index (χ3n) is 10.8. The first-order chi connectivity index (χ1) is 19.8. The average molecular weight is 585 g/mol. The molecule has 6 heteroatoms. The predicted octanol–water partition coefficient (Wildman–Crippen LogP) is 7.10. The predicted molar refractivity (Wildman–Crippen MR) is 168 cm³/mol. The van der Waals surface area contributed by atoms with E-state index in [4.69, 9.17) is 0 Å². The van der Waals surface area contributed by atoms with Crippen LogP contribution in [-0.2, 0) is 20.8 Å². The lowest BCUT2D eigenvalue weighted by atomic mass is 9.42. The van der Waals surface area contributed by atoms with Gasteiger partial charge in [-0.1, -0.05) is 65.3 Å². The van der Waals surface area contributed by atoms with Crippen molar-refractivity contribution in [1.29, 1.82) is 0 Å². The summed E-state index contributed by atoms with van der Waals surface area (Å²) in [6.45, 7) is 18.8. The molecule has 0 spiro atoms. The molecule has 4 atom stereocenters. The number of carbonyl (C=O) groups is 3. The van der Waals surface area contributed by atoms with Crippen molar-refractivity contribution in [3.05, 3.63) is 68.8 Å². The Bertz CT molecular complexity index is 1690. The van der Waals surface area contributed by atoms with Crippen molar-refractivity contribution in [3.8, 4) is 16.9 Å². The monoisotopic (exact) mass is 584 g/mol. The largest absolute Gasteiger partial charge is 0.507 e. The van der Waals surface area contributed by atoms with Gasteiger partial charge in [-0.2, -0.15) is 0 Å². The molecule has 0 bridgehead atoms. The van der Waals surface area contributed by atoms with E-state index >= 15 is 0 Å². The van der Waals surface area contributed by atoms with Crippen molar-refractivity contribution < 1.29 is 29.7 Å². The van der Waals surface area contributed by atoms with Crippen molar-refractivity contribution in [2.24, 2.45) is 22.7 Å². The maximum Gasteiger partial charge on any atom is 0.206 e. The van der Waals surface area contributed by atoms with Crippen molar-refractivity contribution in [2.75, 3.05) is 0 Å². The Morgan fingerprint density at radius 2 is 1.58 bits per heavy atom. The maximum atomic E-state index is 14.7. The van der Waals surface area contributed by atoms with E-state index in [0.717, 1.165) is 27.8 Å². The normalized spacial score (nSPS) is 28.8. The minimum atomic E-state index is -2.54. The van der Waals surface area contributed by atoms with Crippen LogP contribution in [0.2, 0.25) is 0 Å². The van der Waals surface area contributed by atoms with Crippen LogP contribution >= 0.6 is 0 Å². The van der Waals surface area contributed by atoms with E-state index in [2.05, 4.69) is 13.8 Å². The topological polar surface area (TPSA) is 112 Å². The van der Waals surface area contributed by atoms with Crippen LogP contribution in [0.1, 0.15) is 95.5 Å². The minimum absolute atomic E-state index is 0.0485. The molecule has 43 heavy (non-hydrogen) atoms. The van der Waals surface area contributed by atoms with E-state index in [0.29, 0.717) is 17.6 Å². The van der Waals surface area contributed by atoms with E-state index in [1.165, 1.54) is 6.92 Å². The summed E-state index contributed by atoms with van der Waals surface area (Å²) in [5.74, 6) is -3.27. The van der Waals surface area contributed by atoms with Gasteiger partial charge in [-0.3, -0.25) is 14.4 Å². The zero-order valence-electron chi connectivity index (χ0n) is 27.0. The van der Waals surface area contributed by atoms with Crippen molar-refractivity contribution >= 4 is 23.1 Å². The quantitative estimate of drug-likeness (QED) is 0.261. The van der Waals surface area contributed by atoms with Crippen LogP contribution in [0.5, 0.6) is 5.75 Å². The first kappa shape index (κ1) is 30.9. The second-order valence-corrected chi connectivity index (χ2v) is 14.4. The summed E-state index contributed by atoms with van der Waals surface area (Å²) < 4.78 is 0. The molecule has 0 unspecified atom stereocenters. The molecule has 1 saturated carbocycles. The number of benzene rings is 2. The number of carbonyl (C=O) groups excluding carboxylic acids is 3. The molecular weight excluding hydrogens is 540 g/mol. The smallest absolute Gasteiger partial charge is 0.206 e. The standard InChI is InChI=1S/C37H44O6/c1-17(2)24-14-25(23-12-11-19(5)20(6)13-23)31(39)28-26(24)15-35(9)16-36(10)29(18(3)4)21(7)27(22(8)38)33(41)37(36,43)34(42)30(35)32(28)40/h11-14,17-18,29,39-40,43H,15-16H2,1-10H3/t29-,35+,36+,37-/m1/s1. The van der Waals surface area contributed by atoms with Gasteiger partial charge in [-0.25, -0.2) is 0 Å². The average Bonchev–Trinajstić information content (AvgIpc) is 2.87. The molecule has 2 aromatic rings. The Morgan fingerprint density at radius 1 is 0.953 bits per heavy atom. The highest BCUT2D eigenvalue weighted by Crippen LogP contribution is 2.65. The Hall–Kier alpha value is -3.51. The van der Waals surface area contributed by atoms with Crippen molar-refractivity contribution in [3.63, 3.8) is 0 Å². The number of hydrogen-bond donors (Lipinski definition) is 3. The van der Waals surface area contributed by atoms with E-state index in [9.17, 15) is 29.7 Å². The number of fused-ring (bicyclic) bond motifs is 3. The zero-order chi connectivity index (χ0) is 32.1. The van der Waals surface area contributed by atoms with Gasteiger partial charge in [-0.05, 0) is 92.2 Å². The molecule has 3 aliphatic carbocycles. The number of aliphatic hydroxyl groups is 2. The molecule has 0 radical (unpaired) electrons. The summed E-state index contributed by atoms with van der Waals surface area (Å²) >= 11 is 0. The molecule has 6 nitrogen and oxygen atoms in total. The Labute approximate surface area is 254 Å². The van der Waals surface area contributed by atoms with E-state index in [1.807, 2.05) is 58.9 Å². The van der Waals surface area contributed by atoms with Gasteiger partial charge in [0.15, 0.2) is 11.4 Å². The summed E-state index contributed by atoms with van der Waals surface area (Å²) in [6, 6.07) is 7.88. The second-order valence-electron chi connectivity index (χ2n) is 14.4. The molecular formula is C37H44O6. The van der Waals surface area contributed by atoms with Gasteiger partial charge in [0, 0.05) is 22.0 Å². The number of Topliss-reactive ketones (excluding diaryl/α,β-unsaturated/α-hetero) is 3. The number of aromatic hydroxyl groups is 1. The SMILES string of the molecule is CC(=O)C1=C(C)[C@@H](C(C)C)[C@]2(C)C[C@]3(C)Cc4c(C(C)C)cc(-c5ccc(C)c(C)c5)c(O)c4C(O)=C3C(=O)[C@]2(O)C1=O. The molecule has 0 heterocycles. The first-order valence-electron chi connectivity index (χ1n) is 15.3. The number of aryl methyl sites for hydroxylation is 2. The molecule has 0 aromatic heterocycles. The molecule has 3 N–H and O–H groups in total. The molecule has 2 aromatic carbocycles. The molecule has 0 saturated heterocycles. The Kier molecular flexibility index (Phi) is 7.01. The summed E-state index contributed by atoms with van der Waals surface area (Å²) in [7, 11) is 0. The Morgan fingerprint density at radius 3 is 2.12 bits per heavy atom. The number of phenolic OH excluding ortho intramolecular Hbond substituents is 1. The number of hydrogen-bond acceptors (Lipinski definition) is 6. The highest BCUT2D eigenvalue weighted by molar-refractivity contribution is 6.33. The number of aliphatic hydroxyl groups excluding tert-OH is 1. The highest BCUT2D eigenvalue weighted by Gasteiger charge is 2.72. The van der Waals surface area contributed by atoms with Gasteiger partial charge in [-0.15, -0.1) is 0 Å². The van der Waals surface area contributed by atoms with Crippen LogP contribution in [0.3, 0.4) is 0 Å². The molecule has 1 fully saturated rings. The lowest BCUT2D eigenvalue weighted by Crippen LogP contribution is -2.70. The zero-order valence-corrected chi connectivity index (χ0v) is 27.0. The fourth-order valence-electron chi connectivity index (χ4n) is 8.99. The van der Waals surface area contributed by atoms with Gasteiger partial charge in [0.05, 0.1) is 11.1 Å². The van der Waals surface area contributed by atoms with Gasteiger partial charge in [0.1, 0.15) is 11.5 Å². The van der Waals surface area contributed by atoms with Gasteiger partial charge in [0.25, 0.3) is 0 Å². The van der Waals surface area contributed by atoms with E-state index in [1.54, 1.807) is 13.8 Å². The lowest BCUT2D eigenvalue weighted by molar-refractivity contribution is -0.180. The second kappa shape index (κ2) is 9.75. The van der Waals surface area contributed by atoms with E-state index < -0.39 is 45.5 Å². The number of rotatable bonds is 4. The lowest BCUT2D eigenvalue weighted by Gasteiger charge is -2.60. The number of allylic oxidation sites excluding steroid dienone is 1. The molecule has 5 rings (SSSR count). The number of phenols is 1. The van der Waals surface area contributed by atoms with Crippen LogP contribution in [0.25, 0.3) is 16.9 Å².